The van der Waals surface area contributed by atoms with E-state index in [4.69, 9.17) is 4.42 Å². The summed E-state index contributed by atoms with van der Waals surface area (Å²) in [7, 11) is 0. The zero-order chi connectivity index (χ0) is 11.4. The Balaban J connectivity index is 2.17. The van der Waals surface area contributed by atoms with Crippen molar-refractivity contribution in [2.75, 3.05) is 0 Å². The van der Waals surface area contributed by atoms with Crippen molar-refractivity contribution in [1.82, 2.24) is 0 Å². The number of fused-ring (bicyclic) bond motifs is 1. The number of para-hydroxylation sites is 1. The Kier molecular flexibility index (Phi) is 3.40. The minimum Gasteiger partial charge on any atom is -0.464 e. The second-order valence-corrected chi connectivity index (χ2v) is 4.03. The monoisotopic (exact) mass is 216 g/mol. The van der Waals surface area contributed by atoms with Crippen LogP contribution in [-0.4, -0.2) is 5.78 Å². The van der Waals surface area contributed by atoms with Crippen LogP contribution in [0.1, 0.15) is 43.0 Å². The standard InChI is InChI=1S/C14H16O2/c1-2-3-4-8-13(15)12-10-16-14-9-6-5-7-11(12)14/h5-7,9-10H,2-4,8H2,1H3. The lowest BCUT2D eigenvalue weighted by Crippen LogP contribution is -1.97. The first-order chi connectivity index (χ1) is 7.83. The second-order valence-electron chi connectivity index (χ2n) is 4.03. The van der Waals surface area contributed by atoms with Gasteiger partial charge in [-0.15, -0.1) is 0 Å². The Morgan fingerprint density at radius 2 is 2.06 bits per heavy atom. The van der Waals surface area contributed by atoms with Gasteiger partial charge < -0.3 is 4.42 Å². The van der Waals surface area contributed by atoms with E-state index in [1.54, 1.807) is 6.26 Å². The van der Waals surface area contributed by atoms with Gasteiger partial charge in [-0.2, -0.15) is 0 Å². The molecule has 0 aliphatic carbocycles. The van der Waals surface area contributed by atoms with E-state index in [0.717, 1.165) is 35.8 Å². The lowest BCUT2D eigenvalue weighted by molar-refractivity contribution is 0.0980. The largest absolute Gasteiger partial charge is 0.464 e. The minimum absolute atomic E-state index is 0.193. The van der Waals surface area contributed by atoms with Crippen LogP contribution < -0.4 is 0 Å². The van der Waals surface area contributed by atoms with Crippen LogP contribution in [0.3, 0.4) is 0 Å². The van der Waals surface area contributed by atoms with Gasteiger partial charge in [0.15, 0.2) is 5.78 Å². The summed E-state index contributed by atoms with van der Waals surface area (Å²) >= 11 is 0. The lowest BCUT2D eigenvalue weighted by Gasteiger charge is -1.97. The van der Waals surface area contributed by atoms with Crippen molar-refractivity contribution in [1.29, 1.82) is 0 Å². The molecule has 2 aromatic rings. The number of unbranched alkanes of at least 4 members (excludes halogenated alkanes) is 2. The molecule has 0 aliphatic rings. The molecule has 0 aliphatic heterocycles. The molecule has 0 atom stereocenters. The van der Waals surface area contributed by atoms with E-state index in [-0.39, 0.29) is 5.78 Å². The van der Waals surface area contributed by atoms with Gasteiger partial charge in [0.1, 0.15) is 11.8 Å². The van der Waals surface area contributed by atoms with Crippen molar-refractivity contribution < 1.29 is 9.21 Å². The van der Waals surface area contributed by atoms with Crippen molar-refractivity contribution >= 4 is 16.8 Å². The van der Waals surface area contributed by atoms with Gasteiger partial charge >= 0.3 is 0 Å². The maximum absolute atomic E-state index is 11.9. The third kappa shape index (κ3) is 2.16. The maximum atomic E-state index is 11.9. The van der Waals surface area contributed by atoms with Crippen molar-refractivity contribution in [2.24, 2.45) is 0 Å². The number of rotatable bonds is 5. The van der Waals surface area contributed by atoms with E-state index in [2.05, 4.69) is 6.92 Å². The third-order valence-corrected chi connectivity index (χ3v) is 2.79. The number of Topliss-reactive ketones (excluding diaryl/α,β-unsaturated/α-hetero) is 1. The Hall–Kier alpha value is -1.57. The number of carbonyl (C=O) groups is 1. The molecule has 1 aromatic carbocycles. The molecular formula is C14H16O2. The number of ketones is 1. The summed E-state index contributed by atoms with van der Waals surface area (Å²) in [5.41, 5.74) is 1.52. The van der Waals surface area contributed by atoms with Crippen molar-refractivity contribution in [3.8, 4) is 0 Å². The van der Waals surface area contributed by atoms with E-state index in [1.165, 1.54) is 0 Å². The maximum Gasteiger partial charge on any atom is 0.166 e. The number of hydrogen-bond donors (Lipinski definition) is 0. The molecule has 84 valence electrons. The van der Waals surface area contributed by atoms with E-state index in [0.29, 0.717) is 6.42 Å². The van der Waals surface area contributed by atoms with Gasteiger partial charge in [0.25, 0.3) is 0 Å². The van der Waals surface area contributed by atoms with Gasteiger partial charge in [-0.25, -0.2) is 0 Å². The molecule has 0 saturated heterocycles. The topological polar surface area (TPSA) is 30.2 Å². The van der Waals surface area contributed by atoms with Gasteiger partial charge in [0.2, 0.25) is 0 Å². The smallest absolute Gasteiger partial charge is 0.166 e. The molecule has 2 rings (SSSR count). The van der Waals surface area contributed by atoms with Crippen molar-refractivity contribution in [3.05, 3.63) is 36.1 Å². The molecule has 0 amide bonds. The molecule has 1 aromatic heterocycles. The first-order valence-corrected chi connectivity index (χ1v) is 5.82. The highest BCUT2D eigenvalue weighted by molar-refractivity contribution is 6.06. The molecule has 0 bridgehead atoms. The second kappa shape index (κ2) is 4.97. The summed E-state index contributed by atoms with van der Waals surface area (Å²) in [5, 5.41) is 0.934. The molecule has 0 spiro atoms. The molecule has 2 nitrogen and oxygen atoms in total. The molecule has 0 fully saturated rings. The summed E-state index contributed by atoms with van der Waals surface area (Å²) in [6.07, 6.45) is 5.42. The van der Waals surface area contributed by atoms with Crippen LogP contribution in [0.4, 0.5) is 0 Å². The normalized spacial score (nSPS) is 10.8. The first kappa shape index (κ1) is 10.9. The quantitative estimate of drug-likeness (QED) is 0.554. The Labute approximate surface area is 95.3 Å². The molecule has 0 N–H and O–H groups in total. The first-order valence-electron chi connectivity index (χ1n) is 5.82. The van der Waals surface area contributed by atoms with Crippen LogP contribution in [0.25, 0.3) is 11.0 Å². The zero-order valence-electron chi connectivity index (χ0n) is 9.53. The average molecular weight is 216 g/mol. The van der Waals surface area contributed by atoms with Crippen molar-refractivity contribution in [2.45, 2.75) is 32.6 Å². The highest BCUT2D eigenvalue weighted by Crippen LogP contribution is 2.22. The molecule has 1 heterocycles. The predicted octanol–water partition coefficient (Wildman–Crippen LogP) is 4.20. The van der Waals surface area contributed by atoms with Crippen LogP contribution in [-0.2, 0) is 0 Å². The summed E-state index contributed by atoms with van der Waals surface area (Å²) < 4.78 is 5.36. The Bertz CT molecular complexity index is 482. The summed E-state index contributed by atoms with van der Waals surface area (Å²) in [6, 6.07) is 7.67. The van der Waals surface area contributed by atoms with Crippen LogP contribution in [0.15, 0.2) is 34.9 Å². The fourth-order valence-electron chi connectivity index (χ4n) is 1.86. The Morgan fingerprint density at radius 1 is 1.25 bits per heavy atom. The van der Waals surface area contributed by atoms with Gasteiger partial charge in [-0.1, -0.05) is 38.0 Å². The van der Waals surface area contributed by atoms with Gasteiger partial charge in [-0.3, -0.25) is 4.79 Å². The van der Waals surface area contributed by atoms with Crippen LogP contribution in [0.2, 0.25) is 0 Å². The van der Waals surface area contributed by atoms with Crippen molar-refractivity contribution in [3.63, 3.8) is 0 Å². The fourth-order valence-corrected chi connectivity index (χ4v) is 1.86. The lowest BCUT2D eigenvalue weighted by atomic mass is 10.0. The van der Waals surface area contributed by atoms with E-state index < -0.39 is 0 Å². The van der Waals surface area contributed by atoms with E-state index >= 15 is 0 Å². The van der Waals surface area contributed by atoms with Crippen LogP contribution >= 0.6 is 0 Å². The molecule has 0 unspecified atom stereocenters. The minimum atomic E-state index is 0.193. The number of furan rings is 1. The number of hydrogen-bond acceptors (Lipinski definition) is 2. The highest BCUT2D eigenvalue weighted by Gasteiger charge is 2.12. The average Bonchev–Trinajstić information content (AvgIpc) is 2.73. The van der Waals surface area contributed by atoms with Crippen LogP contribution in [0, 0.1) is 0 Å². The van der Waals surface area contributed by atoms with Gasteiger partial charge in [-0.05, 0) is 12.5 Å². The summed E-state index contributed by atoms with van der Waals surface area (Å²) in [5.74, 6) is 0.193. The third-order valence-electron chi connectivity index (χ3n) is 2.79. The Morgan fingerprint density at radius 3 is 2.88 bits per heavy atom. The molecule has 16 heavy (non-hydrogen) atoms. The molecular weight excluding hydrogens is 200 g/mol. The molecule has 2 heteroatoms. The highest BCUT2D eigenvalue weighted by atomic mass is 16.3. The van der Waals surface area contributed by atoms with Gasteiger partial charge in [0, 0.05) is 11.8 Å². The summed E-state index contributed by atoms with van der Waals surface area (Å²) in [6.45, 7) is 2.14. The molecule has 0 saturated carbocycles. The summed E-state index contributed by atoms with van der Waals surface area (Å²) in [4.78, 5) is 11.9. The predicted molar refractivity (Wildman–Crippen MR) is 64.7 cm³/mol. The van der Waals surface area contributed by atoms with E-state index in [1.807, 2.05) is 24.3 Å². The van der Waals surface area contributed by atoms with Crippen LogP contribution in [0.5, 0.6) is 0 Å². The zero-order valence-corrected chi connectivity index (χ0v) is 9.53. The number of benzene rings is 1. The molecule has 0 radical (unpaired) electrons. The SMILES string of the molecule is CCCCCC(=O)c1coc2ccccc12. The fraction of sp³-hybridized carbons (Fsp3) is 0.357. The van der Waals surface area contributed by atoms with E-state index in [9.17, 15) is 4.79 Å². The van der Waals surface area contributed by atoms with Gasteiger partial charge in [0.05, 0.1) is 5.56 Å². The number of carbonyl (C=O) groups excluding carboxylic acids is 1.